The Morgan fingerprint density at radius 1 is 1.23 bits per heavy atom. The molecule has 2 atom stereocenters. The number of carbonyl (C=O) groups excluding carboxylic acids is 1. The second-order valence-electron chi connectivity index (χ2n) is 7.84. The normalized spacial score (nSPS) is 22.7. The number of nitrogens with zero attached hydrogens (tertiary/aromatic N) is 6. The Labute approximate surface area is 177 Å². The van der Waals surface area contributed by atoms with E-state index in [4.69, 9.17) is 20.5 Å². The Morgan fingerprint density at radius 2 is 2.00 bits per heavy atom. The van der Waals surface area contributed by atoms with Gasteiger partial charge in [0.05, 0.1) is 19.1 Å². The van der Waals surface area contributed by atoms with Gasteiger partial charge in [-0.15, -0.1) is 0 Å². The summed E-state index contributed by atoms with van der Waals surface area (Å²) in [6.07, 6.45) is 2.59. The Morgan fingerprint density at radius 3 is 2.67 bits per heavy atom. The van der Waals surface area contributed by atoms with Crippen molar-refractivity contribution in [1.82, 2.24) is 19.8 Å². The van der Waals surface area contributed by atoms with Crippen LogP contribution in [0, 0.1) is 11.3 Å². The van der Waals surface area contributed by atoms with Crippen molar-refractivity contribution < 1.29 is 14.3 Å². The first-order valence-corrected chi connectivity index (χ1v) is 10.4. The molecule has 164 valence electrons. The van der Waals surface area contributed by atoms with E-state index in [9.17, 15) is 4.79 Å². The lowest BCUT2D eigenvalue weighted by Gasteiger charge is -2.39. The number of carbonyl (C=O) groups is 1. The van der Waals surface area contributed by atoms with Crippen LogP contribution in [0.3, 0.4) is 0 Å². The van der Waals surface area contributed by atoms with Crippen molar-refractivity contribution >= 4 is 17.5 Å². The van der Waals surface area contributed by atoms with Gasteiger partial charge in [-0.25, -0.2) is 4.79 Å². The third-order valence-corrected chi connectivity index (χ3v) is 5.85. The molecule has 1 aromatic rings. The average Bonchev–Trinajstić information content (AvgIpc) is 3.14. The molecule has 10 nitrogen and oxygen atoms in total. The molecule has 3 rings (SSSR count). The summed E-state index contributed by atoms with van der Waals surface area (Å²) in [6.45, 7) is 5.45. The first-order valence-electron chi connectivity index (χ1n) is 10.4. The molecule has 0 aliphatic carbocycles. The molecule has 10 heteroatoms. The van der Waals surface area contributed by atoms with Crippen molar-refractivity contribution in [2.45, 2.75) is 38.3 Å². The third kappa shape index (κ3) is 4.91. The summed E-state index contributed by atoms with van der Waals surface area (Å²) in [4.78, 5) is 27.7. The zero-order valence-electron chi connectivity index (χ0n) is 18.0. The molecule has 3 heterocycles. The maximum atomic E-state index is 12.5. The highest BCUT2D eigenvalue weighted by Gasteiger charge is 2.30. The summed E-state index contributed by atoms with van der Waals surface area (Å²) >= 11 is 0. The van der Waals surface area contributed by atoms with Crippen LogP contribution in [0.2, 0.25) is 0 Å². The lowest BCUT2D eigenvalue weighted by atomic mass is 10.1. The Balaban J connectivity index is 1.87. The van der Waals surface area contributed by atoms with Gasteiger partial charge in [-0.2, -0.15) is 15.2 Å². The third-order valence-electron chi connectivity index (χ3n) is 5.85. The lowest BCUT2D eigenvalue weighted by molar-refractivity contribution is 0.0518. The van der Waals surface area contributed by atoms with Gasteiger partial charge in [0.1, 0.15) is 12.3 Å². The second-order valence-corrected chi connectivity index (χ2v) is 7.84. The molecule has 0 amide bonds. The summed E-state index contributed by atoms with van der Waals surface area (Å²) in [5.74, 6) is -0.136. The number of likely N-dealkylation sites (tertiary alicyclic amines) is 1. The molecule has 30 heavy (non-hydrogen) atoms. The van der Waals surface area contributed by atoms with E-state index in [2.05, 4.69) is 32.9 Å². The molecule has 2 saturated heterocycles. The topological polar surface area (TPSA) is 121 Å². The van der Waals surface area contributed by atoms with Gasteiger partial charge in [-0.05, 0) is 40.4 Å². The fourth-order valence-corrected chi connectivity index (χ4v) is 3.92. The zero-order chi connectivity index (χ0) is 21.7. The molecule has 2 fully saturated rings. The fraction of sp³-hybridized carbons (Fsp3) is 0.700. The smallest absolute Gasteiger partial charge is 0.359 e. The van der Waals surface area contributed by atoms with Gasteiger partial charge in [-0.3, -0.25) is 4.90 Å². The molecule has 2 aliphatic heterocycles. The predicted molar refractivity (Wildman–Crippen MR) is 112 cm³/mol. The van der Waals surface area contributed by atoms with Crippen molar-refractivity contribution in [2.75, 3.05) is 64.1 Å². The average molecular weight is 418 g/mol. The van der Waals surface area contributed by atoms with E-state index in [1.807, 2.05) is 11.9 Å². The monoisotopic (exact) mass is 417 g/mol. The number of aromatic nitrogens is 2. The van der Waals surface area contributed by atoms with E-state index >= 15 is 0 Å². The highest BCUT2D eigenvalue weighted by molar-refractivity contribution is 5.95. The van der Waals surface area contributed by atoms with Crippen molar-refractivity contribution in [2.24, 2.45) is 0 Å². The molecule has 0 aromatic carbocycles. The summed E-state index contributed by atoms with van der Waals surface area (Å²) in [5, 5.41) is 9.13. The number of rotatable bonds is 7. The van der Waals surface area contributed by atoms with E-state index in [-0.39, 0.29) is 30.0 Å². The van der Waals surface area contributed by atoms with Crippen LogP contribution in [0.25, 0.3) is 0 Å². The summed E-state index contributed by atoms with van der Waals surface area (Å²) < 4.78 is 11.0. The molecular formula is C20H31N7O3. The molecule has 0 saturated carbocycles. The number of hydrogen-bond acceptors (Lipinski definition) is 10. The minimum absolute atomic E-state index is 0.0207. The number of anilines is 2. The van der Waals surface area contributed by atoms with Crippen molar-refractivity contribution in [1.29, 1.82) is 5.26 Å². The number of esters is 1. The summed E-state index contributed by atoms with van der Waals surface area (Å²) in [7, 11) is 4.07. The van der Waals surface area contributed by atoms with Crippen molar-refractivity contribution in [3.05, 3.63) is 5.69 Å². The van der Waals surface area contributed by atoms with Gasteiger partial charge in [-0.1, -0.05) is 0 Å². The van der Waals surface area contributed by atoms with E-state index in [0.29, 0.717) is 38.0 Å². The van der Waals surface area contributed by atoms with Crippen molar-refractivity contribution in [3.8, 4) is 12.1 Å². The first kappa shape index (κ1) is 22.1. The first-order chi connectivity index (χ1) is 14.4. The maximum Gasteiger partial charge on any atom is 0.359 e. The van der Waals surface area contributed by atoms with E-state index < -0.39 is 5.97 Å². The quantitative estimate of drug-likeness (QED) is 0.636. The number of hydrogen-bond donors (Lipinski definition) is 1. The van der Waals surface area contributed by atoms with Crippen LogP contribution in [-0.4, -0.2) is 91.3 Å². The van der Waals surface area contributed by atoms with E-state index in [1.54, 1.807) is 6.92 Å². The molecule has 1 aromatic heterocycles. The van der Waals surface area contributed by atoms with Crippen LogP contribution in [0.4, 0.5) is 11.5 Å². The Kier molecular flexibility index (Phi) is 7.29. The van der Waals surface area contributed by atoms with Crippen LogP contribution >= 0.6 is 0 Å². The summed E-state index contributed by atoms with van der Waals surface area (Å²) in [6, 6.07) is 2.71. The summed E-state index contributed by atoms with van der Waals surface area (Å²) in [5.41, 5.74) is 6.50. The standard InChI is InChI=1S/C20H31N7O3/c1-4-29-19(28)17-16(22)18(27-11-10-26(3)14(12-27)7-8-21)24-20(23-17)30-13-15-6-5-9-25(15)2/h14-15H,4-7,9-13,22H2,1-3H3/t14-,15-/m0/s1. The van der Waals surface area contributed by atoms with Crippen LogP contribution in [0.15, 0.2) is 0 Å². The minimum atomic E-state index is -0.593. The SMILES string of the molecule is CCOC(=O)c1nc(OC[C@@H]2CCCN2C)nc(N2CCN(C)[C@@H](CC#N)C2)c1N. The number of nitrogens with two attached hydrogens (primary N) is 1. The number of ether oxygens (including phenoxy) is 2. The number of nitriles is 1. The molecular weight excluding hydrogens is 386 g/mol. The minimum Gasteiger partial charge on any atom is -0.462 e. The molecule has 2 N–H and O–H groups in total. The van der Waals surface area contributed by atoms with Gasteiger partial charge >= 0.3 is 12.0 Å². The fourth-order valence-electron chi connectivity index (χ4n) is 3.92. The highest BCUT2D eigenvalue weighted by atomic mass is 16.5. The van der Waals surface area contributed by atoms with Crippen molar-refractivity contribution in [3.63, 3.8) is 0 Å². The highest BCUT2D eigenvalue weighted by Crippen LogP contribution is 2.29. The molecule has 2 aliphatic rings. The maximum absolute atomic E-state index is 12.5. The van der Waals surface area contributed by atoms with Gasteiger partial charge in [0, 0.05) is 31.7 Å². The number of nitrogen functional groups attached to an aromatic ring is 1. The predicted octanol–water partition coefficient (Wildman–Crippen LogP) is 0.743. The van der Waals surface area contributed by atoms with Gasteiger partial charge < -0.3 is 25.0 Å². The second kappa shape index (κ2) is 9.91. The number of likely N-dealkylation sites (N-methyl/N-ethyl adjacent to an activating group) is 2. The van der Waals surface area contributed by atoms with E-state index in [1.165, 1.54) is 0 Å². The molecule has 0 bridgehead atoms. The molecule has 0 unspecified atom stereocenters. The Hall–Kier alpha value is -2.64. The van der Waals surface area contributed by atoms with Crippen LogP contribution in [-0.2, 0) is 4.74 Å². The van der Waals surface area contributed by atoms with Gasteiger partial charge in [0.2, 0.25) is 0 Å². The van der Waals surface area contributed by atoms with Crippen LogP contribution in [0.5, 0.6) is 6.01 Å². The van der Waals surface area contributed by atoms with Gasteiger partial charge in [0.25, 0.3) is 0 Å². The van der Waals surface area contributed by atoms with Crippen LogP contribution < -0.4 is 15.4 Å². The van der Waals surface area contributed by atoms with E-state index in [0.717, 1.165) is 25.9 Å². The lowest BCUT2D eigenvalue weighted by Crippen LogP contribution is -2.51. The van der Waals surface area contributed by atoms with Crippen LogP contribution in [0.1, 0.15) is 36.7 Å². The molecule has 0 radical (unpaired) electrons. The number of piperazine rings is 1. The molecule has 0 spiro atoms. The van der Waals surface area contributed by atoms with Gasteiger partial charge in [0.15, 0.2) is 11.5 Å². The zero-order valence-corrected chi connectivity index (χ0v) is 18.0. The Bertz CT molecular complexity index is 797. The largest absolute Gasteiger partial charge is 0.462 e.